The fourth-order valence-corrected chi connectivity index (χ4v) is 3.63. The summed E-state index contributed by atoms with van der Waals surface area (Å²) in [5.41, 5.74) is 3.94. The van der Waals surface area contributed by atoms with E-state index in [1.165, 1.54) is 11.1 Å². The standard InChI is InChI=1S/C21H22N4O2/c1-14-7-3-4-10-18(14)19-11-6-12-25(19)21(26)23-17-9-5-8-16(13-17)20-22-15(2)24-27-20/h3-5,7-10,13,19H,6,11-12H2,1-2H3,(H,23,26). The average Bonchev–Trinajstić information content (AvgIpc) is 3.31. The Morgan fingerprint density at radius 1 is 1.19 bits per heavy atom. The number of aromatic nitrogens is 2. The molecule has 2 heterocycles. The van der Waals surface area contributed by atoms with Crippen LogP contribution in [0.4, 0.5) is 10.5 Å². The van der Waals surface area contributed by atoms with Crippen molar-refractivity contribution in [2.75, 3.05) is 11.9 Å². The van der Waals surface area contributed by atoms with Gasteiger partial charge in [-0.1, -0.05) is 35.5 Å². The van der Waals surface area contributed by atoms with Crippen molar-refractivity contribution in [2.24, 2.45) is 0 Å². The number of carbonyl (C=O) groups excluding carboxylic acids is 1. The van der Waals surface area contributed by atoms with Crippen LogP contribution in [-0.4, -0.2) is 27.6 Å². The summed E-state index contributed by atoms with van der Waals surface area (Å²) in [7, 11) is 0. The molecule has 27 heavy (non-hydrogen) atoms. The highest BCUT2D eigenvalue weighted by Gasteiger charge is 2.30. The molecule has 1 saturated heterocycles. The van der Waals surface area contributed by atoms with Gasteiger partial charge in [-0.05, 0) is 56.0 Å². The van der Waals surface area contributed by atoms with Crippen molar-refractivity contribution in [3.63, 3.8) is 0 Å². The van der Waals surface area contributed by atoms with Crippen LogP contribution >= 0.6 is 0 Å². The van der Waals surface area contributed by atoms with E-state index >= 15 is 0 Å². The van der Waals surface area contributed by atoms with Crippen LogP contribution in [0, 0.1) is 13.8 Å². The van der Waals surface area contributed by atoms with Gasteiger partial charge in [-0.2, -0.15) is 4.98 Å². The molecule has 0 saturated carbocycles. The van der Waals surface area contributed by atoms with Crippen molar-refractivity contribution in [1.29, 1.82) is 0 Å². The lowest BCUT2D eigenvalue weighted by atomic mass is 9.99. The van der Waals surface area contributed by atoms with E-state index in [0.717, 1.165) is 24.9 Å². The third kappa shape index (κ3) is 3.56. The number of nitrogens with one attached hydrogen (secondary N) is 1. The predicted molar refractivity (Wildman–Crippen MR) is 103 cm³/mol. The molecule has 138 valence electrons. The van der Waals surface area contributed by atoms with E-state index in [-0.39, 0.29) is 12.1 Å². The number of aryl methyl sites for hydroxylation is 2. The van der Waals surface area contributed by atoms with Crippen LogP contribution in [0.5, 0.6) is 0 Å². The van der Waals surface area contributed by atoms with Crippen molar-refractivity contribution in [2.45, 2.75) is 32.7 Å². The minimum atomic E-state index is -0.0837. The van der Waals surface area contributed by atoms with Gasteiger partial charge in [0.2, 0.25) is 0 Å². The molecule has 0 aliphatic carbocycles. The Morgan fingerprint density at radius 2 is 2.04 bits per heavy atom. The number of carbonyl (C=O) groups is 1. The number of likely N-dealkylation sites (tertiary alicyclic amines) is 1. The molecule has 1 atom stereocenters. The van der Waals surface area contributed by atoms with Crippen LogP contribution in [0.2, 0.25) is 0 Å². The molecule has 0 spiro atoms. The second-order valence-corrected chi connectivity index (χ2v) is 6.87. The first-order valence-corrected chi connectivity index (χ1v) is 9.16. The summed E-state index contributed by atoms with van der Waals surface area (Å²) >= 11 is 0. The van der Waals surface area contributed by atoms with Gasteiger partial charge in [0, 0.05) is 17.8 Å². The molecule has 6 heteroatoms. The van der Waals surface area contributed by atoms with Gasteiger partial charge in [0.05, 0.1) is 6.04 Å². The maximum absolute atomic E-state index is 12.9. The highest BCUT2D eigenvalue weighted by atomic mass is 16.5. The van der Waals surface area contributed by atoms with Crippen molar-refractivity contribution in [1.82, 2.24) is 15.0 Å². The molecular formula is C21H22N4O2. The molecule has 1 N–H and O–H groups in total. The second kappa shape index (κ2) is 7.23. The summed E-state index contributed by atoms with van der Waals surface area (Å²) in [5, 5.41) is 6.83. The number of hydrogen-bond donors (Lipinski definition) is 1. The Labute approximate surface area is 158 Å². The second-order valence-electron chi connectivity index (χ2n) is 6.87. The minimum absolute atomic E-state index is 0.0837. The molecule has 1 aliphatic rings. The van der Waals surface area contributed by atoms with E-state index in [2.05, 4.69) is 34.5 Å². The largest absolute Gasteiger partial charge is 0.334 e. The van der Waals surface area contributed by atoms with E-state index in [4.69, 9.17) is 4.52 Å². The summed E-state index contributed by atoms with van der Waals surface area (Å²) in [6.45, 7) is 4.63. The van der Waals surface area contributed by atoms with Gasteiger partial charge in [0.15, 0.2) is 5.82 Å². The number of urea groups is 1. The number of hydrogen-bond acceptors (Lipinski definition) is 4. The van der Waals surface area contributed by atoms with Gasteiger partial charge >= 0.3 is 6.03 Å². The smallest absolute Gasteiger partial charge is 0.322 e. The molecule has 0 radical (unpaired) electrons. The van der Waals surface area contributed by atoms with E-state index in [1.54, 1.807) is 6.92 Å². The third-order valence-electron chi connectivity index (χ3n) is 4.95. The van der Waals surface area contributed by atoms with E-state index < -0.39 is 0 Å². The molecule has 2 aromatic carbocycles. The van der Waals surface area contributed by atoms with Crippen LogP contribution in [0.3, 0.4) is 0 Å². The maximum atomic E-state index is 12.9. The lowest BCUT2D eigenvalue weighted by Crippen LogP contribution is -2.34. The SMILES string of the molecule is Cc1noc(-c2cccc(NC(=O)N3CCCC3c3ccccc3C)c2)n1. The van der Waals surface area contributed by atoms with Crippen molar-refractivity contribution < 1.29 is 9.32 Å². The molecule has 4 rings (SSSR count). The zero-order chi connectivity index (χ0) is 18.8. The van der Waals surface area contributed by atoms with Crippen molar-refractivity contribution >= 4 is 11.7 Å². The topological polar surface area (TPSA) is 71.3 Å². The Bertz CT molecular complexity index is 966. The number of anilines is 1. The highest BCUT2D eigenvalue weighted by Crippen LogP contribution is 2.34. The quantitative estimate of drug-likeness (QED) is 0.732. The van der Waals surface area contributed by atoms with Gasteiger partial charge in [0.25, 0.3) is 5.89 Å². The zero-order valence-corrected chi connectivity index (χ0v) is 15.5. The van der Waals surface area contributed by atoms with Crippen LogP contribution in [0.1, 0.15) is 35.8 Å². The first-order chi connectivity index (χ1) is 13.1. The van der Waals surface area contributed by atoms with E-state index in [0.29, 0.717) is 17.4 Å². The Hall–Kier alpha value is -3.15. The van der Waals surface area contributed by atoms with Gasteiger partial charge in [-0.3, -0.25) is 0 Å². The fraction of sp³-hybridized carbons (Fsp3) is 0.286. The number of nitrogens with zero attached hydrogens (tertiary/aromatic N) is 3. The molecular weight excluding hydrogens is 340 g/mol. The lowest BCUT2D eigenvalue weighted by Gasteiger charge is -2.26. The highest BCUT2D eigenvalue weighted by molar-refractivity contribution is 5.90. The molecule has 0 bridgehead atoms. The molecule has 6 nitrogen and oxygen atoms in total. The van der Waals surface area contributed by atoms with Gasteiger partial charge in [-0.15, -0.1) is 0 Å². The first kappa shape index (κ1) is 17.3. The van der Waals surface area contributed by atoms with Gasteiger partial charge < -0.3 is 14.7 Å². The van der Waals surface area contributed by atoms with Gasteiger partial charge in [0.1, 0.15) is 0 Å². The summed E-state index contributed by atoms with van der Waals surface area (Å²) in [6.07, 6.45) is 1.99. The number of amides is 2. The average molecular weight is 362 g/mol. The minimum Gasteiger partial charge on any atom is -0.334 e. The lowest BCUT2D eigenvalue weighted by molar-refractivity contribution is 0.207. The van der Waals surface area contributed by atoms with E-state index in [1.807, 2.05) is 41.3 Å². The molecule has 3 aromatic rings. The summed E-state index contributed by atoms with van der Waals surface area (Å²) in [4.78, 5) is 19.1. The van der Waals surface area contributed by atoms with Gasteiger partial charge in [-0.25, -0.2) is 4.79 Å². The Morgan fingerprint density at radius 3 is 2.81 bits per heavy atom. The molecule has 1 fully saturated rings. The molecule has 1 unspecified atom stereocenters. The summed E-state index contributed by atoms with van der Waals surface area (Å²) < 4.78 is 5.21. The molecule has 2 amide bonds. The van der Waals surface area contributed by atoms with Crippen LogP contribution in [0.25, 0.3) is 11.5 Å². The maximum Gasteiger partial charge on any atom is 0.322 e. The summed E-state index contributed by atoms with van der Waals surface area (Å²) in [5.74, 6) is 1.03. The van der Waals surface area contributed by atoms with Crippen molar-refractivity contribution in [3.05, 3.63) is 65.5 Å². The first-order valence-electron chi connectivity index (χ1n) is 9.16. The summed E-state index contributed by atoms with van der Waals surface area (Å²) in [6, 6.07) is 15.8. The zero-order valence-electron chi connectivity index (χ0n) is 15.5. The van der Waals surface area contributed by atoms with Crippen molar-refractivity contribution in [3.8, 4) is 11.5 Å². The Kier molecular flexibility index (Phi) is 4.62. The normalized spacial score (nSPS) is 16.5. The van der Waals surface area contributed by atoms with Crippen LogP contribution < -0.4 is 5.32 Å². The predicted octanol–water partition coefficient (Wildman–Crippen LogP) is 4.72. The van der Waals surface area contributed by atoms with Crippen LogP contribution in [-0.2, 0) is 0 Å². The monoisotopic (exact) mass is 362 g/mol. The molecule has 1 aliphatic heterocycles. The Balaban J connectivity index is 1.53. The fourth-order valence-electron chi connectivity index (χ4n) is 3.63. The molecule has 1 aromatic heterocycles. The number of rotatable bonds is 3. The van der Waals surface area contributed by atoms with Crippen LogP contribution in [0.15, 0.2) is 53.1 Å². The number of benzene rings is 2. The third-order valence-corrected chi connectivity index (χ3v) is 4.95. The van der Waals surface area contributed by atoms with E-state index in [9.17, 15) is 4.79 Å².